The fourth-order valence-corrected chi connectivity index (χ4v) is 2.37. The smallest absolute Gasteiger partial charge is 0.155 e. The van der Waals surface area contributed by atoms with Gasteiger partial charge in [-0.05, 0) is 32.0 Å². The Balaban J connectivity index is 2.65. The fourth-order valence-electron chi connectivity index (χ4n) is 1.32. The van der Waals surface area contributed by atoms with E-state index < -0.39 is 15.1 Å². The van der Waals surface area contributed by atoms with Gasteiger partial charge in [0.2, 0.25) is 0 Å². The molecule has 7 heteroatoms. The van der Waals surface area contributed by atoms with Gasteiger partial charge in [-0.2, -0.15) is 0 Å². The van der Waals surface area contributed by atoms with Gasteiger partial charge in [0, 0.05) is 5.56 Å². The molecule has 0 saturated heterocycles. The maximum atomic E-state index is 11.6. The summed E-state index contributed by atoms with van der Waals surface area (Å²) in [5.41, 5.74) is 5.75. The van der Waals surface area contributed by atoms with Gasteiger partial charge in [-0.25, -0.2) is 8.42 Å². The lowest BCUT2D eigenvalue weighted by molar-refractivity contribution is 0.340. The van der Waals surface area contributed by atoms with E-state index in [1.165, 1.54) is 6.07 Å². The summed E-state index contributed by atoms with van der Waals surface area (Å²) in [6.07, 6.45) is 0. The first-order valence-corrected chi connectivity index (χ1v) is 7.81. The van der Waals surface area contributed by atoms with Crippen molar-refractivity contribution >= 4 is 27.3 Å². The third-order valence-corrected chi connectivity index (χ3v) is 5.07. The number of benzene rings is 1. The normalized spacial score (nSPS) is 11.6. The van der Waals surface area contributed by atoms with E-state index in [-0.39, 0.29) is 18.2 Å². The molecule has 0 saturated carbocycles. The van der Waals surface area contributed by atoms with Crippen molar-refractivity contribution in [1.29, 1.82) is 5.41 Å². The number of hydrogen-bond acceptors (Lipinski definition) is 4. The van der Waals surface area contributed by atoms with Gasteiger partial charge in [-0.1, -0.05) is 11.6 Å². The van der Waals surface area contributed by atoms with E-state index >= 15 is 0 Å². The molecule has 0 radical (unpaired) electrons. The van der Waals surface area contributed by atoms with Crippen molar-refractivity contribution in [2.75, 3.05) is 12.4 Å². The summed E-state index contributed by atoms with van der Waals surface area (Å²) in [6, 6.07) is 4.68. The molecular weight excluding hydrogens is 288 g/mol. The molecule has 1 rings (SSSR count). The van der Waals surface area contributed by atoms with E-state index in [0.717, 1.165) is 0 Å². The molecule has 0 heterocycles. The highest BCUT2D eigenvalue weighted by Crippen LogP contribution is 2.22. The number of nitrogens with one attached hydrogen (secondary N) is 1. The lowest BCUT2D eigenvalue weighted by Gasteiger charge is -2.10. The van der Waals surface area contributed by atoms with Crippen LogP contribution in [0.1, 0.15) is 19.4 Å². The second kappa shape index (κ2) is 6.25. The molecule has 0 unspecified atom stereocenters. The third kappa shape index (κ3) is 4.40. The van der Waals surface area contributed by atoms with Crippen LogP contribution in [-0.4, -0.2) is 31.9 Å². The first-order chi connectivity index (χ1) is 8.74. The summed E-state index contributed by atoms with van der Waals surface area (Å²) < 4.78 is 28.5. The highest BCUT2D eigenvalue weighted by molar-refractivity contribution is 7.91. The van der Waals surface area contributed by atoms with Crippen molar-refractivity contribution in [3.63, 3.8) is 0 Å². The molecule has 0 spiro atoms. The third-order valence-electron chi connectivity index (χ3n) is 2.59. The number of nitrogen functional groups attached to an aromatic ring is 1. The topological polar surface area (TPSA) is 93.2 Å². The second-order valence-corrected chi connectivity index (χ2v) is 7.40. The number of amidine groups is 1. The maximum Gasteiger partial charge on any atom is 0.155 e. The Morgan fingerprint density at radius 2 is 2.11 bits per heavy atom. The van der Waals surface area contributed by atoms with E-state index in [1.807, 2.05) is 0 Å². The molecule has 0 amide bonds. The molecule has 0 aliphatic heterocycles. The predicted molar refractivity (Wildman–Crippen MR) is 76.9 cm³/mol. The van der Waals surface area contributed by atoms with Crippen LogP contribution in [0.25, 0.3) is 0 Å². The number of halogens is 1. The average Bonchev–Trinajstić information content (AvgIpc) is 2.28. The molecule has 5 nitrogen and oxygen atoms in total. The van der Waals surface area contributed by atoms with Crippen LogP contribution in [0.2, 0.25) is 5.02 Å². The first-order valence-electron chi connectivity index (χ1n) is 5.72. The number of ether oxygens (including phenoxy) is 1. The molecule has 1 aromatic rings. The summed E-state index contributed by atoms with van der Waals surface area (Å²) >= 11 is 5.92. The van der Waals surface area contributed by atoms with Crippen molar-refractivity contribution in [2.24, 2.45) is 5.73 Å². The zero-order chi connectivity index (χ0) is 14.6. The van der Waals surface area contributed by atoms with Crippen LogP contribution in [0.3, 0.4) is 0 Å². The van der Waals surface area contributed by atoms with Gasteiger partial charge in [0.25, 0.3) is 0 Å². The van der Waals surface area contributed by atoms with Crippen LogP contribution in [0.4, 0.5) is 0 Å². The van der Waals surface area contributed by atoms with E-state index in [1.54, 1.807) is 26.0 Å². The number of rotatable bonds is 6. The molecule has 106 valence electrons. The molecular formula is C12H17ClN2O3S. The zero-order valence-electron chi connectivity index (χ0n) is 10.8. The van der Waals surface area contributed by atoms with Crippen LogP contribution in [0.5, 0.6) is 5.75 Å². The minimum absolute atomic E-state index is 0.0449. The lowest BCUT2D eigenvalue weighted by Crippen LogP contribution is -2.22. The largest absolute Gasteiger partial charge is 0.492 e. The Bertz CT molecular complexity index is 570. The van der Waals surface area contributed by atoms with Crippen molar-refractivity contribution < 1.29 is 13.2 Å². The number of sulfone groups is 1. The Morgan fingerprint density at radius 3 is 2.58 bits per heavy atom. The Kier molecular flexibility index (Phi) is 5.20. The van der Waals surface area contributed by atoms with Gasteiger partial charge >= 0.3 is 0 Å². The van der Waals surface area contributed by atoms with Crippen LogP contribution in [0, 0.1) is 5.41 Å². The summed E-state index contributed by atoms with van der Waals surface area (Å²) in [4.78, 5) is 0. The Hall–Kier alpha value is -1.27. The molecule has 0 bridgehead atoms. The van der Waals surface area contributed by atoms with Crippen LogP contribution < -0.4 is 10.5 Å². The van der Waals surface area contributed by atoms with Gasteiger partial charge < -0.3 is 10.5 Å². The van der Waals surface area contributed by atoms with Gasteiger partial charge in [0.15, 0.2) is 9.84 Å². The molecule has 1 aromatic carbocycles. The standard InChI is InChI=1S/C12H17ClN2O3S/c1-8(2)19(16,17)6-5-18-9-3-4-10(12(14)15)11(13)7-9/h3-4,7-8H,5-6H2,1-2H3,(H3,14,15). The van der Waals surface area contributed by atoms with E-state index in [4.69, 9.17) is 27.5 Å². The molecule has 0 fully saturated rings. The number of hydrogen-bond donors (Lipinski definition) is 2. The second-order valence-electron chi connectivity index (χ2n) is 4.32. The van der Waals surface area contributed by atoms with Gasteiger partial charge in [0.1, 0.15) is 18.2 Å². The van der Waals surface area contributed by atoms with Crippen molar-refractivity contribution in [3.05, 3.63) is 28.8 Å². The van der Waals surface area contributed by atoms with E-state index in [9.17, 15) is 8.42 Å². The van der Waals surface area contributed by atoms with E-state index in [0.29, 0.717) is 16.3 Å². The number of nitrogens with two attached hydrogens (primary N) is 1. The maximum absolute atomic E-state index is 11.6. The molecule has 0 aromatic heterocycles. The highest BCUT2D eigenvalue weighted by Gasteiger charge is 2.16. The minimum atomic E-state index is -3.11. The quantitative estimate of drug-likeness (QED) is 0.619. The molecule has 0 aliphatic carbocycles. The van der Waals surface area contributed by atoms with E-state index in [2.05, 4.69) is 0 Å². The van der Waals surface area contributed by atoms with Crippen molar-refractivity contribution in [1.82, 2.24) is 0 Å². The molecule has 3 N–H and O–H groups in total. The molecule has 0 atom stereocenters. The van der Waals surface area contributed by atoms with Gasteiger partial charge in [-0.15, -0.1) is 0 Å². The lowest BCUT2D eigenvalue weighted by atomic mass is 10.2. The van der Waals surface area contributed by atoms with Crippen molar-refractivity contribution in [2.45, 2.75) is 19.1 Å². The van der Waals surface area contributed by atoms with Crippen LogP contribution >= 0.6 is 11.6 Å². The molecule has 0 aliphatic rings. The van der Waals surface area contributed by atoms with Crippen LogP contribution in [-0.2, 0) is 9.84 Å². The average molecular weight is 305 g/mol. The summed E-state index contributed by atoms with van der Waals surface area (Å²) in [5.74, 6) is 0.282. The Labute approximate surface area is 118 Å². The van der Waals surface area contributed by atoms with Gasteiger partial charge in [0.05, 0.1) is 16.0 Å². The Morgan fingerprint density at radius 1 is 1.47 bits per heavy atom. The van der Waals surface area contributed by atoms with Crippen LogP contribution in [0.15, 0.2) is 18.2 Å². The van der Waals surface area contributed by atoms with Gasteiger partial charge in [-0.3, -0.25) is 5.41 Å². The highest BCUT2D eigenvalue weighted by atomic mass is 35.5. The summed E-state index contributed by atoms with van der Waals surface area (Å²) in [7, 11) is -3.11. The fraction of sp³-hybridized carbons (Fsp3) is 0.417. The summed E-state index contributed by atoms with van der Waals surface area (Å²) in [6.45, 7) is 3.33. The predicted octanol–water partition coefficient (Wildman–Crippen LogP) is 1.83. The summed E-state index contributed by atoms with van der Waals surface area (Å²) in [5, 5.41) is 7.17. The van der Waals surface area contributed by atoms with Crippen molar-refractivity contribution in [3.8, 4) is 5.75 Å². The zero-order valence-corrected chi connectivity index (χ0v) is 12.4. The monoisotopic (exact) mass is 304 g/mol. The molecule has 19 heavy (non-hydrogen) atoms. The minimum Gasteiger partial charge on any atom is -0.492 e. The first kappa shape index (κ1) is 15.8. The SMILES string of the molecule is CC(C)S(=O)(=O)CCOc1ccc(C(=N)N)c(Cl)c1.